The van der Waals surface area contributed by atoms with Crippen LogP contribution in [0.5, 0.6) is 0 Å². The molecule has 0 N–H and O–H groups in total. The van der Waals surface area contributed by atoms with Crippen LogP contribution in [0.2, 0.25) is 0 Å². The number of rotatable bonds is 0. The fourth-order valence-electron chi connectivity index (χ4n) is 1.60. The number of carbonyl (C=O) groups excluding carboxylic acids is 1. The van der Waals surface area contributed by atoms with Crippen LogP contribution in [0.4, 0.5) is 13.2 Å². The molecule has 2 aliphatic rings. The van der Waals surface area contributed by atoms with Gasteiger partial charge in [0.05, 0.1) is 0 Å². The Hall–Kier alpha value is -1.94. The molecule has 0 saturated carbocycles. The first-order valence-electron chi connectivity index (χ1n) is 7.34. The minimum Gasteiger partial charge on any atom is -0.724 e. The van der Waals surface area contributed by atoms with Crippen LogP contribution in [0.15, 0.2) is 59.7 Å². The molecule has 134 valence electrons. The SMILES string of the molecule is CC1=[C-]CC=C1.CC1=[C-]CC=C1.FC(F)(F)c1[c-]cccc1.[N-]=C=O.[Ti+4]. The van der Waals surface area contributed by atoms with Crippen molar-refractivity contribution in [1.29, 1.82) is 0 Å². The molecule has 0 spiro atoms. The van der Waals surface area contributed by atoms with Crippen LogP contribution in [0.3, 0.4) is 0 Å². The van der Waals surface area contributed by atoms with E-state index in [2.05, 4.69) is 56.4 Å². The smallest absolute Gasteiger partial charge is 0.724 e. The van der Waals surface area contributed by atoms with Crippen LogP contribution in [0.25, 0.3) is 5.41 Å². The van der Waals surface area contributed by atoms with Gasteiger partial charge in [-0.1, -0.05) is 19.4 Å². The summed E-state index contributed by atoms with van der Waals surface area (Å²) in [4.78, 5) is 8.24. The molecule has 0 bridgehead atoms. The van der Waals surface area contributed by atoms with Crippen molar-refractivity contribution in [1.82, 2.24) is 0 Å². The van der Waals surface area contributed by atoms with E-state index >= 15 is 0 Å². The third kappa shape index (κ3) is 14.4. The normalized spacial score (nSPS) is 13.3. The van der Waals surface area contributed by atoms with Crippen molar-refractivity contribution in [3.05, 3.63) is 88.9 Å². The molecule has 0 aliphatic heterocycles. The zero-order valence-electron chi connectivity index (χ0n) is 14.5. The number of halogens is 3. The zero-order valence-corrected chi connectivity index (χ0v) is 16.1. The van der Waals surface area contributed by atoms with Crippen LogP contribution in [0.1, 0.15) is 32.3 Å². The van der Waals surface area contributed by atoms with Gasteiger partial charge in [0, 0.05) is 0 Å². The Balaban J connectivity index is 0. The second-order valence-electron chi connectivity index (χ2n) is 4.80. The molecule has 0 saturated heterocycles. The van der Waals surface area contributed by atoms with Gasteiger partial charge in [0.15, 0.2) is 0 Å². The van der Waals surface area contributed by atoms with Gasteiger partial charge in [-0.05, 0) is 6.08 Å². The first-order chi connectivity index (χ1) is 11.8. The summed E-state index contributed by atoms with van der Waals surface area (Å²) in [6.45, 7) is 4.12. The Bertz CT molecular complexity index is 620. The molecule has 0 fully saturated rings. The molecule has 0 aromatic heterocycles. The molecule has 0 radical (unpaired) electrons. The summed E-state index contributed by atoms with van der Waals surface area (Å²) in [7, 11) is 0. The molecule has 0 unspecified atom stereocenters. The molecular weight excluding hydrogens is 375 g/mol. The van der Waals surface area contributed by atoms with E-state index in [1.54, 1.807) is 0 Å². The van der Waals surface area contributed by atoms with Crippen molar-refractivity contribution >= 4 is 6.08 Å². The van der Waals surface area contributed by atoms with E-state index in [4.69, 9.17) is 10.2 Å². The molecule has 3 rings (SSSR count). The maximum absolute atomic E-state index is 11.8. The van der Waals surface area contributed by atoms with Crippen LogP contribution in [-0.2, 0) is 32.7 Å². The molecule has 0 heterocycles. The standard InChI is InChI=1S/C7H4F3.2C6H7.CNO.Ti/c8-7(9,10)6-4-2-1-3-5-6;2*1-6-4-2-3-5-6;2-1-3;/h1-4H;2*2,4H,3H2,1H3;;/q4*-1;+4. The van der Waals surface area contributed by atoms with E-state index in [1.165, 1.54) is 29.3 Å². The van der Waals surface area contributed by atoms with Gasteiger partial charge < -0.3 is 5.41 Å². The van der Waals surface area contributed by atoms with Gasteiger partial charge in [-0.3, -0.25) is 16.9 Å². The summed E-state index contributed by atoms with van der Waals surface area (Å²) in [5, 5.41) is 6.76. The fourth-order valence-corrected chi connectivity index (χ4v) is 1.60. The van der Waals surface area contributed by atoms with Gasteiger partial charge in [-0.25, -0.2) is 23.3 Å². The van der Waals surface area contributed by atoms with Crippen molar-refractivity contribution in [3.63, 3.8) is 0 Å². The van der Waals surface area contributed by atoms with Crippen molar-refractivity contribution in [2.24, 2.45) is 0 Å². The van der Waals surface area contributed by atoms with E-state index in [1.807, 2.05) is 0 Å². The first kappa shape index (κ1) is 26.3. The average Bonchev–Trinajstić information content (AvgIpc) is 3.23. The predicted octanol–water partition coefficient (Wildman–Crippen LogP) is 5.79. The molecular formula is C20H18F3NOTi. The van der Waals surface area contributed by atoms with Crippen molar-refractivity contribution in [2.45, 2.75) is 32.9 Å². The average molecular weight is 393 g/mol. The molecule has 0 amide bonds. The number of nitrogens with zero attached hydrogens (tertiary/aromatic N) is 1. The summed E-state index contributed by atoms with van der Waals surface area (Å²) < 4.78 is 35.3. The van der Waals surface area contributed by atoms with Crippen molar-refractivity contribution in [3.8, 4) is 0 Å². The number of hydrogen-bond donors (Lipinski definition) is 0. The van der Waals surface area contributed by atoms with E-state index in [0.717, 1.165) is 18.9 Å². The zero-order chi connectivity index (χ0) is 19.1. The van der Waals surface area contributed by atoms with Crippen LogP contribution in [0, 0.1) is 18.2 Å². The molecule has 2 nitrogen and oxygen atoms in total. The minimum absolute atomic E-state index is 0. The Labute approximate surface area is 167 Å². The quantitative estimate of drug-likeness (QED) is 0.238. The Morgan fingerprint density at radius 1 is 1.04 bits per heavy atom. The molecule has 1 aromatic carbocycles. The monoisotopic (exact) mass is 393 g/mol. The predicted molar refractivity (Wildman–Crippen MR) is 91.7 cm³/mol. The minimum atomic E-state index is -4.26. The third-order valence-corrected chi connectivity index (χ3v) is 2.75. The number of benzene rings is 1. The van der Waals surface area contributed by atoms with E-state index in [9.17, 15) is 13.2 Å². The second kappa shape index (κ2) is 15.3. The van der Waals surface area contributed by atoms with Gasteiger partial charge in [0.25, 0.3) is 0 Å². The Morgan fingerprint density at radius 3 is 1.65 bits per heavy atom. The summed E-state index contributed by atoms with van der Waals surface area (Å²) in [5.74, 6) is 0. The Morgan fingerprint density at radius 2 is 1.50 bits per heavy atom. The molecule has 26 heavy (non-hydrogen) atoms. The number of isocyanates is 1. The number of hydrogen-bond acceptors (Lipinski definition) is 1. The van der Waals surface area contributed by atoms with Crippen LogP contribution < -0.4 is 0 Å². The topological polar surface area (TPSA) is 39.4 Å². The van der Waals surface area contributed by atoms with Crippen molar-refractivity contribution < 1.29 is 39.7 Å². The van der Waals surface area contributed by atoms with Gasteiger partial charge in [-0.15, -0.1) is 12.8 Å². The fraction of sp³-hybridized carbons (Fsp3) is 0.250. The second-order valence-corrected chi connectivity index (χ2v) is 4.80. The summed E-state index contributed by atoms with van der Waals surface area (Å²) >= 11 is 0. The van der Waals surface area contributed by atoms with E-state index in [0.29, 0.717) is 6.08 Å². The molecule has 2 aliphatic carbocycles. The van der Waals surface area contributed by atoms with Crippen LogP contribution in [-0.4, -0.2) is 6.08 Å². The third-order valence-electron chi connectivity index (χ3n) is 2.75. The maximum atomic E-state index is 11.8. The van der Waals surface area contributed by atoms with Crippen molar-refractivity contribution in [2.75, 3.05) is 0 Å². The van der Waals surface area contributed by atoms with Gasteiger partial charge in [0.1, 0.15) is 0 Å². The molecule has 0 atom stereocenters. The number of alkyl halides is 3. The first-order valence-corrected chi connectivity index (χ1v) is 7.34. The van der Waals surface area contributed by atoms with Gasteiger partial charge in [0.2, 0.25) is 0 Å². The van der Waals surface area contributed by atoms with Gasteiger partial charge >= 0.3 is 27.9 Å². The summed E-state index contributed by atoms with van der Waals surface area (Å²) in [6, 6.07) is 7.14. The Kier molecular flexibility index (Phi) is 15.5. The van der Waals surface area contributed by atoms with E-state index in [-0.39, 0.29) is 21.7 Å². The maximum Gasteiger partial charge on any atom is 4.00 e. The van der Waals surface area contributed by atoms with E-state index < -0.39 is 11.7 Å². The largest absolute Gasteiger partial charge is 4.00 e. The summed E-state index contributed by atoms with van der Waals surface area (Å²) in [6.07, 6.45) is 12.9. The summed E-state index contributed by atoms with van der Waals surface area (Å²) in [5.41, 5.74) is 1.82. The molecule has 6 heteroatoms. The van der Waals surface area contributed by atoms with Gasteiger partial charge in [-0.2, -0.15) is 55.7 Å². The van der Waals surface area contributed by atoms with Crippen LogP contribution >= 0.6 is 0 Å². The molecule has 1 aromatic rings. The number of allylic oxidation sites excluding steroid dienone is 8.